The SMILES string of the molecule is COc1c(/C=N/N2CCN(C)CC2)c2c(O)c3c(O)c(C)c4c(c13)C(=O)[C@@](C)(O/C=C/[C@H](OC)[C@@H](C)[C@@H](OC(C)=O)[C@H](C)[C@@H](O)[C@H](C)[C@@H](O)[C@H](C)/C=C/C=C(/C)C(=O)N2)O4. The number of likely N-dealkylation sites (N-methyl/N-ethyl adjacent to an activating group) is 1. The summed E-state index contributed by atoms with van der Waals surface area (Å²) in [5, 5.41) is 55.9. The van der Waals surface area contributed by atoms with Crippen LogP contribution in [0, 0.1) is 30.6 Å². The fourth-order valence-electron chi connectivity index (χ4n) is 8.12. The highest BCUT2D eigenvalue weighted by atomic mass is 16.7. The number of phenols is 2. The number of esters is 1. The summed E-state index contributed by atoms with van der Waals surface area (Å²) in [5.74, 6) is -7.21. The third kappa shape index (κ3) is 8.97. The van der Waals surface area contributed by atoms with Gasteiger partial charge in [0.2, 0.25) is 0 Å². The van der Waals surface area contributed by atoms with Gasteiger partial charge in [-0.05, 0) is 27.0 Å². The van der Waals surface area contributed by atoms with Crippen molar-refractivity contribution >= 4 is 40.3 Å². The summed E-state index contributed by atoms with van der Waals surface area (Å²) < 4.78 is 29.8. The number of methoxy groups -OCH3 is 2. The van der Waals surface area contributed by atoms with Gasteiger partial charge >= 0.3 is 11.8 Å². The molecule has 5 bridgehead atoms. The summed E-state index contributed by atoms with van der Waals surface area (Å²) in [6, 6.07) is 0. The molecule has 0 aromatic heterocycles. The van der Waals surface area contributed by atoms with Gasteiger partial charge in [-0.3, -0.25) is 19.4 Å². The van der Waals surface area contributed by atoms with Gasteiger partial charge in [-0.15, -0.1) is 0 Å². The summed E-state index contributed by atoms with van der Waals surface area (Å²) in [4.78, 5) is 43.0. The number of hydrazone groups is 1. The largest absolute Gasteiger partial charge is 0.507 e. The molecule has 4 aliphatic rings. The highest BCUT2D eigenvalue weighted by Crippen LogP contribution is 2.55. The third-order valence-corrected chi connectivity index (χ3v) is 12.0. The zero-order valence-corrected chi connectivity index (χ0v) is 36.3. The summed E-state index contributed by atoms with van der Waals surface area (Å²) in [6.07, 6.45) is 5.24. The predicted molar refractivity (Wildman–Crippen MR) is 225 cm³/mol. The van der Waals surface area contributed by atoms with E-state index in [0.717, 1.165) is 13.1 Å². The Kier molecular flexibility index (Phi) is 14.3. The molecular formula is C44H60N4O12. The Bertz CT molecular complexity index is 2090. The quantitative estimate of drug-likeness (QED) is 0.158. The van der Waals surface area contributed by atoms with E-state index in [2.05, 4.69) is 15.3 Å². The number of ketones is 1. The molecular weight excluding hydrogens is 776 g/mol. The second-order valence-electron chi connectivity index (χ2n) is 16.3. The number of aliphatic hydroxyl groups is 2. The Morgan fingerprint density at radius 1 is 0.967 bits per heavy atom. The van der Waals surface area contributed by atoms with Crippen molar-refractivity contribution in [3.63, 3.8) is 0 Å². The van der Waals surface area contributed by atoms with Crippen molar-refractivity contribution in [2.24, 2.45) is 28.8 Å². The Labute approximate surface area is 351 Å². The van der Waals surface area contributed by atoms with E-state index in [0.29, 0.717) is 13.1 Å². The summed E-state index contributed by atoms with van der Waals surface area (Å²) in [5.41, 5.74) is 0.301. The van der Waals surface area contributed by atoms with Crippen LogP contribution in [0.3, 0.4) is 0 Å². The smallest absolute Gasteiger partial charge is 0.312 e. The molecule has 4 aliphatic heterocycles. The van der Waals surface area contributed by atoms with Gasteiger partial charge in [-0.25, -0.2) is 0 Å². The Morgan fingerprint density at radius 2 is 1.63 bits per heavy atom. The molecule has 2 aromatic carbocycles. The van der Waals surface area contributed by atoms with Crippen LogP contribution in [0.1, 0.15) is 70.0 Å². The molecule has 4 heterocycles. The van der Waals surface area contributed by atoms with E-state index in [4.69, 9.17) is 23.7 Å². The normalized spacial score (nSPS) is 31.7. The van der Waals surface area contributed by atoms with E-state index in [1.165, 1.54) is 59.6 Å². The second kappa shape index (κ2) is 18.6. The fraction of sp³-hybridized carbons (Fsp3) is 0.545. The van der Waals surface area contributed by atoms with Gasteiger partial charge in [-0.1, -0.05) is 45.9 Å². The minimum absolute atomic E-state index is 0.00615. The van der Waals surface area contributed by atoms with E-state index < -0.39 is 83.0 Å². The third-order valence-electron chi connectivity index (χ3n) is 12.0. The number of rotatable bonds is 5. The van der Waals surface area contributed by atoms with Crippen molar-refractivity contribution in [2.75, 3.05) is 52.8 Å². The summed E-state index contributed by atoms with van der Waals surface area (Å²) in [6.45, 7) is 15.5. The van der Waals surface area contributed by atoms with Crippen LogP contribution in [0.5, 0.6) is 23.0 Å². The van der Waals surface area contributed by atoms with Crippen LogP contribution in [0.2, 0.25) is 0 Å². The number of anilines is 1. The molecule has 5 N–H and O–H groups in total. The molecule has 16 heteroatoms. The molecule has 16 nitrogen and oxygen atoms in total. The highest BCUT2D eigenvalue weighted by Gasteiger charge is 2.50. The molecule has 1 amide bonds. The molecule has 0 radical (unpaired) electrons. The summed E-state index contributed by atoms with van der Waals surface area (Å²) in [7, 11) is 4.83. The number of hydrogen-bond acceptors (Lipinski definition) is 15. The average Bonchev–Trinajstić information content (AvgIpc) is 3.48. The van der Waals surface area contributed by atoms with Crippen molar-refractivity contribution in [3.8, 4) is 23.0 Å². The number of ether oxygens (including phenoxy) is 5. The van der Waals surface area contributed by atoms with Crippen molar-refractivity contribution < 1.29 is 58.5 Å². The van der Waals surface area contributed by atoms with Gasteiger partial charge in [0.05, 0.1) is 60.1 Å². The molecule has 0 aliphatic carbocycles. The lowest BCUT2D eigenvalue weighted by Crippen LogP contribution is -2.46. The first-order valence-electron chi connectivity index (χ1n) is 20.2. The van der Waals surface area contributed by atoms with Gasteiger partial charge in [0, 0.05) is 87.3 Å². The van der Waals surface area contributed by atoms with Gasteiger partial charge in [0.15, 0.2) is 5.75 Å². The Hall–Kier alpha value is -5.16. The molecule has 6 rings (SSSR count). The molecule has 1 saturated heterocycles. The molecule has 2 aromatic rings. The maximum atomic E-state index is 14.6. The predicted octanol–water partition coefficient (Wildman–Crippen LogP) is 4.64. The number of phenolic OH excluding ortho intramolecular Hbond substituents is 2. The van der Waals surface area contributed by atoms with E-state index in [1.54, 1.807) is 46.8 Å². The summed E-state index contributed by atoms with van der Waals surface area (Å²) >= 11 is 0. The van der Waals surface area contributed by atoms with Gasteiger partial charge in [0.25, 0.3) is 11.7 Å². The zero-order valence-electron chi connectivity index (χ0n) is 36.3. The topological polar surface area (TPSA) is 209 Å². The standard InChI is InChI=1S/C44H60N4O12/c1-22-13-12-14-23(2)43(55)46-34-29(21-45-48-18-16-47(9)17-19-48)41(57-11)31-32(38(34)53)37(52)27(6)40-33(31)42(54)44(8,60-40)58-20-15-30(56-10)24(3)39(59-28(7)49)26(5)36(51)25(4)35(22)50/h12-15,20-22,24-26,30,35-36,39,50-53H,16-19H2,1-11H3,(H,46,55)/b13-12+,20-15+,23-14-,45-21+/t22-,24-,25-,26-,30+,35+,36+,39-,44+/m1/s1. The lowest BCUT2D eigenvalue weighted by molar-refractivity contribution is -0.160. The van der Waals surface area contributed by atoms with Gasteiger partial charge in [0.1, 0.15) is 23.4 Å². The van der Waals surface area contributed by atoms with Crippen molar-refractivity contribution in [3.05, 3.63) is 52.8 Å². The number of aromatic hydroxyl groups is 2. The van der Waals surface area contributed by atoms with Crippen LogP contribution in [-0.4, -0.2) is 132 Å². The molecule has 0 unspecified atom stereocenters. The van der Waals surface area contributed by atoms with Crippen LogP contribution in [-0.2, 0) is 23.8 Å². The average molecular weight is 837 g/mol. The van der Waals surface area contributed by atoms with Gasteiger partial charge in [-0.2, -0.15) is 5.10 Å². The van der Waals surface area contributed by atoms with Crippen LogP contribution in [0.15, 0.2) is 41.2 Å². The highest BCUT2D eigenvalue weighted by molar-refractivity contribution is 6.24. The molecule has 1 fully saturated rings. The maximum Gasteiger partial charge on any atom is 0.312 e. The first-order valence-corrected chi connectivity index (χ1v) is 20.2. The first kappa shape index (κ1) is 45.9. The number of fused-ring (bicyclic) bond motifs is 14. The van der Waals surface area contributed by atoms with E-state index >= 15 is 0 Å². The Balaban J connectivity index is 1.73. The number of carbonyl (C=O) groups excluding carboxylic acids is 3. The molecule has 0 spiro atoms. The number of allylic oxidation sites excluding steroid dienone is 2. The number of carbonyl (C=O) groups is 3. The first-order chi connectivity index (χ1) is 28.3. The number of hydrogen-bond donors (Lipinski definition) is 5. The van der Waals surface area contributed by atoms with Crippen molar-refractivity contribution in [1.29, 1.82) is 0 Å². The van der Waals surface area contributed by atoms with Crippen LogP contribution in [0.4, 0.5) is 5.69 Å². The van der Waals surface area contributed by atoms with E-state index in [-0.39, 0.29) is 50.2 Å². The van der Waals surface area contributed by atoms with Crippen molar-refractivity contribution in [2.45, 2.75) is 85.6 Å². The molecule has 60 heavy (non-hydrogen) atoms. The maximum absolute atomic E-state index is 14.6. The van der Waals surface area contributed by atoms with E-state index in [9.17, 15) is 34.8 Å². The number of nitrogens with one attached hydrogen (secondary N) is 1. The van der Waals surface area contributed by atoms with Crippen molar-refractivity contribution in [1.82, 2.24) is 9.91 Å². The minimum atomic E-state index is -1.99. The Morgan fingerprint density at radius 3 is 2.25 bits per heavy atom. The monoisotopic (exact) mass is 836 g/mol. The van der Waals surface area contributed by atoms with Crippen LogP contribution < -0.4 is 14.8 Å². The van der Waals surface area contributed by atoms with Crippen LogP contribution >= 0.6 is 0 Å². The lowest BCUT2D eigenvalue weighted by Gasteiger charge is -2.38. The zero-order chi connectivity index (χ0) is 44.4. The second-order valence-corrected chi connectivity index (χ2v) is 16.3. The number of amides is 1. The number of Topliss-reactive ketones (excluding diaryl/α,β-unsaturated/α-hetero) is 1. The van der Waals surface area contributed by atoms with Gasteiger partial charge < -0.3 is 54.3 Å². The number of piperazine rings is 1. The fourth-order valence-corrected chi connectivity index (χ4v) is 8.12. The van der Waals surface area contributed by atoms with E-state index in [1.807, 2.05) is 12.1 Å². The number of nitrogens with zero attached hydrogens (tertiary/aromatic N) is 3. The number of benzene rings is 2. The number of aliphatic hydroxyl groups excluding tert-OH is 2. The molecule has 0 saturated carbocycles. The van der Waals surface area contributed by atoms with Crippen LogP contribution in [0.25, 0.3) is 10.8 Å². The minimum Gasteiger partial charge on any atom is -0.507 e. The molecule has 328 valence electrons. The lowest BCUT2D eigenvalue weighted by atomic mass is 9.78. The molecule has 9 atom stereocenters.